The van der Waals surface area contributed by atoms with Crippen LogP contribution in [-0.4, -0.2) is 56.4 Å². The van der Waals surface area contributed by atoms with Gasteiger partial charge < -0.3 is 14.7 Å². The van der Waals surface area contributed by atoms with Gasteiger partial charge in [0.25, 0.3) is 5.91 Å². The van der Waals surface area contributed by atoms with Crippen molar-refractivity contribution >= 4 is 23.6 Å². The highest BCUT2D eigenvalue weighted by molar-refractivity contribution is 6.99. The molecule has 1 saturated heterocycles. The second-order valence-corrected chi connectivity index (χ2v) is 4.49. The summed E-state index contributed by atoms with van der Waals surface area (Å²) in [5.74, 6) is -1.92. The van der Waals surface area contributed by atoms with Crippen LogP contribution in [0, 0.1) is 5.92 Å². The van der Waals surface area contributed by atoms with Gasteiger partial charge in [-0.3, -0.25) is 9.59 Å². The van der Waals surface area contributed by atoms with Gasteiger partial charge in [0.15, 0.2) is 5.69 Å². The summed E-state index contributed by atoms with van der Waals surface area (Å²) in [7, 11) is 0. The van der Waals surface area contributed by atoms with E-state index < -0.39 is 17.9 Å². The standard InChI is InChI=1S/C10H13N3O4S/c1-2-13(9(14)7-3-11-18-12-7)8-5-17-4-6(8)10(15)16/h3,6,8H,2,4-5H2,1H3,(H,15,16). The molecule has 1 amide bonds. The van der Waals surface area contributed by atoms with Crippen molar-refractivity contribution in [2.45, 2.75) is 13.0 Å². The Balaban J connectivity index is 2.18. The smallest absolute Gasteiger partial charge is 0.311 e. The van der Waals surface area contributed by atoms with Crippen LogP contribution in [0.1, 0.15) is 17.4 Å². The number of amides is 1. The van der Waals surface area contributed by atoms with Crippen LogP contribution in [0.4, 0.5) is 0 Å². The number of carboxylic acid groups (broad SMARTS) is 1. The Morgan fingerprint density at radius 1 is 1.61 bits per heavy atom. The number of carbonyl (C=O) groups is 2. The lowest BCUT2D eigenvalue weighted by atomic mass is 10.0. The van der Waals surface area contributed by atoms with Crippen molar-refractivity contribution in [3.8, 4) is 0 Å². The van der Waals surface area contributed by atoms with E-state index in [1.54, 1.807) is 6.92 Å². The predicted octanol–water partition coefficient (Wildman–Crippen LogP) is 0.0998. The second kappa shape index (κ2) is 5.40. The van der Waals surface area contributed by atoms with E-state index in [1.807, 2.05) is 0 Å². The molecule has 0 aromatic carbocycles. The first-order valence-electron chi connectivity index (χ1n) is 5.54. The molecule has 0 aliphatic carbocycles. The van der Waals surface area contributed by atoms with Gasteiger partial charge in [-0.2, -0.15) is 8.75 Å². The zero-order valence-electron chi connectivity index (χ0n) is 9.78. The molecule has 0 bridgehead atoms. The zero-order valence-corrected chi connectivity index (χ0v) is 10.6. The Bertz CT molecular complexity index is 436. The summed E-state index contributed by atoms with van der Waals surface area (Å²) in [5.41, 5.74) is 0.248. The minimum atomic E-state index is -0.944. The Kier molecular flexibility index (Phi) is 3.87. The van der Waals surface area contributed by atoms with Crippen molar-refractivity contribution in [2.24, 2.45) is 5.92 Å². The summed E-state index contributed by atoms with van der Waals surface area (Å²) in [4.78, 5) is 24.8. The van der Waals surface area contributed by atoms with Crippen LogP contribution in [0.25, 0.3) is 0 Å². The lowest BCUT2D eigenvalue weighted by Crippen LogP contribution is -2.46. The van der Waals surface area contributed by atoms with Crippen LogP contribution >= 0.6 is 11.7 Å². The largest absolute Gasteiger partial charge is 0.481 e. The minimum Gasteiger partial charge on any atom is -0.481 e. The molecule has 8 heteroatoms. The van der Waals surface area contributed by atoms with Crippen LogP contribution in [0.3, 0.4) is 0 Å². The summed E-state index contributed by atoms with van der Waals surface area (Å²) in [6, 6.07) is -0.443. The zero-order chi connectivity index (χ0) is 13.1. The fourth-order valence-corrected chi connectivity index (χ4v) is 2.43. The summed E-state index contributed by atoms with van der Waals surface area (Å²) in [6.07, 6.45) is 1.39. The molecule has 1 aromatic rings. The molecule has 0 spiro atoms. The predicted molar refractivity (Wildman–Crippen MR) is 62.4 cm³/mol. The summed E-state index contributed by atoms with van der Waals surface area (Å²) < 4.78 is 12.8. The monoisotopic (exact) mass is 271 g/mol. The van der Waals surface area contributed by atoms with E-state index in [0.717, 1.165) is 11.7 Å². The number of carboxylic acids is 1. The SMILES string of the molecule is CCN(C(=O)c1cnsn1)C1COCC1C(=O)O. The Labute approximate surface area is 108 Å². The summed E-state index contributed by atoms with van der Waals surface area (Å²) in [5, 5.41) is 9.10. The number of likely N-dealkylation sites (N-methyl/N-ethyl adjacent to an activating group) is 1. The maximum atomic E-state index is 12.2. The molecule has 1 aliphatic heterocycles. The van der Waals surface area contributed by atoms with Crippen molar-refractivity contribution in [2.75, 3.05) is 19.8 Å². The minimum absolute atomic E-state index is 0.138. The highest BCUT2D eigenvalue weighted by Gasteiger charge is 2.40. The first-order chi connectivity index (χ1) is 8.65. The lowest BCUT2D eigenvalue weighted by molar-refractivity contribution is -0.142. The summed E-state index contributed by atoms with van der Waals surface area (Å²) in [6.45, 7) is 2.59. The van der Waals surface area contributed by atoms with Gasteiger partial charge in [0.2, 0.25) is 0 Å². The third kappa shape index (κ3) is 2.34. The van der Waals surface area contributed by atoms with Crippen LogP contribution in [0.15, 0.2) is 6.20 Å². The maximum Gasteiger partial charge on any atom is 0.311 e. The van der Waals surface area contributed by atoms with Gasteiger partial charge in [0.05, 0.1) is 37.2 Å². The number of ether oxygens (including phenoxy) is 1. The Morgan fingerprint density at radius 3 is 2.94 bits per heavy atom. The molecule has 98 valence electrons. The number of aromatic nitrogens is 2. The van der Waals surface area contributed by atoms with Gasteiger partial charge >= 0.3 is 5.97 Å². The number of carbonyl (C=O) groups excluding carboxylic acids is 1. The van der Waals surface area contributed by atoms with Crippen LogP contribution in [0.5, 0.6) is 0 Å². The highest BCUT2D eigenvalue weighted by atomic mass is 32.1. The van der Waals surface area contributed by atoms with Crippen molar-refractivity contribution in [3.63, 3.8) is 0 Å². The molecule has 1 fully saturated rings. The molecule has 2 heterocycles. The van der Waals surface area contributed by atoms with E-state index in [4.69, 9.17) is 9.84 Å². The fraction of sp³-hybridized carbons (Fsp3) is 0.600. The molecule has 18 heavy (non-hydrogen) atoms. The first kappa shape index (κ1) is 12.9. The molecule has 1 N–H and O–H groups in total. The number of nitrogens with zero attached hydrogens (tertiary/aromatic N) is 3. The molecule has 1 aromatic heterocycles. The molecule has 2 atom stereocenters. The average molecular weight is 271 g/mol. The number of aliphatic carboxylic acids is 1. The number of rotatable bonds is 4. The Hall–Kier alpha value is -1.54. The number of hydrogen-bond donors (Lipinski definition) is 1. The second-order valence-electron chi connectivity index (χ2n) is 3.93. The van der Waals surface area contributed by atoms with Crippen molar-refractivity contribution < 1.29 is 19.4 Å². The lowest BCUT2D eigenvalue weighted by Gasteiger charge is -2.28. The van der Waals surface area contributed by atoms with Gasteiger partial charge in [-0.25, -0.2) is 0 Å². The third-order valence-electron chi connectivity index (χ3n) is 2.95. The van der Waals surface area contributed by atoms with Crippen LogP contribution in [0.2, 0.25) is 0 Å². The first-order valence-corrected chi connectivity index (χ1v) is 6.27. The van der Waals surface area contributed by atoms with Gasteiger partial charge in [-0.15, -0.1) is 0 Å². The molecule has 1 aliphatic rings. The third-order valence-corrected chi connectivity index (χ3v) is 3.43. The Morgan fingerprint density at radius 2 is 2.39 bits per heavy atom. The van der Waals surface area contributed by atoms with Crippen LogP contribution < -0.4 is 0 Å². The molecular formula is C10H13N3O4S. The van der Waals surface area contributed by atoms with Gasteiger partial charge in [-0.1, -0.05) is 0 Å². The van der Waals surface area contributed by atoms with Crippen molar-refractivity contribution in [1.82, 2.24) is 13.6 Å². The molecule has 0 radical (unpaired) electrons. The molecule has 2 unspecified atom stereocenters. The normalized spacial score (nSPS) is 22.9. The van der Waals surface area contributed by atoms with E-state index in [1.165, 1.54) is 11.1 Å². The quantitative estimate of drug-likeness (QED) is 0.835. The van der Waals surface area contributed by atoms with E-state index in [0.29, 0.717) is 6.54 Å². The molecule has 0 saturated carbocycles. The van der Waals surface area contributed by atoms with E-state index >= 15 is 0 Å². The van der Waals surface area contributed by atoms with Crippen molar-refractivity contribution in [1.29, 1.82) is 0 Å². The fourth-order valence-electron chi connectivity index (χ4n) is 2.02. The molecule has 2 rings (SSSR count). The topological polar surface area (TPSA) is 92.6 Å². The average Bonchev–Trinajstić information content (AvgIpc) is 3.00. The molecule has 7 nitrogen and oxygen atoms in total. The highest BCUT2D eigenvalue weighted by Crippen LogP contribution is 2.21. The van der Waals surface area contributed by atoms with E-state index in [9.17, 15) is 9.59 Å². The molecular weight excluding hydrogens is 258 g/mol. The van der Waals surface area contributed by atoms with Gasteiger partial charge in [0.1, 0.15) is 5.92 Å². The van der Waals surface area contributed by atoms with Crippen LogP contribution in [-0.2, 0) is 9.53 Å². The van der Waals surface area contributed by atoms with Crippen molar-refractivity contribution in [3.05, 3.63) is 11.9 Å². The van der Waals surface area contributed by atoms with Gasteiger partial charge in [-0.05, 0) is 6.92 Å². The number of hydrogen-bond acceptors (Lipinski definition) is 6. The van der Waals surface area contributed by atoms with E-state index in [2.05, 4.69) is 8.75 Å². The van der Waals surface area contributed by atoms with Gasteiger partial charge in [0, 0.05) is 6.54 Å². The van der Waals surface area contributed by atoms with E-state index in [-0.39, 0.29) is 24.8 Å². The summed E-state index contributed by atoms with van der Waals surface area (Å²) >= 11 is 0.950. The maximum absolute atomic E-state index is 12.2.